The molecule has 0 radical (unpaired) electrons. The van der Waals surface area contributed by atoms with Crippen LogP contribution in [0.25, 0.3) is 0 Å². The highest BCUT2D eigenvalue weighted by atomic mass is 16.5. The van der Waals surface area contributed by atoms with Crippen molar-refractivity contribution in [3.8, 4) is 5.75 Å². The van der Waals surface area contributed by atoms with Gasteiger partial charge >= 0.3 is 0 Å². The van der Waals surface area contributed by atoms with Crippen molar-refractivity contribution in [1.82, 2.24) is 15.5 Å². The summed E-state index contributed by atoms with van der Waals surface area (Å²) in [7, 11) is 7.35. The second-order valence-corrected chi connectivity index (χ2v) is 7.53. The van der Waals surface area contributed by atoms with E-state index in [-0.39, 0.29) is 5.91 Å². The van der Waals surface area contributed by atoms with Crippen LogP contribution in [0.1, 0.15) is 22.3 Å². The van der Waals surface area contributed by atoms with Crippen molar-refractivity contribution in [1.29, 1.82) is 0 Å². The zero-order valence-corrected chi connectivity index (χ0v) is 19.5. The summed E-state index contributed by atoms with van der Waals surface area (Å²) in [5.41, 5.74) is 2.50. The molecule has 0 unspecified atom stereocenters. The van der Waals surface area contributed by atoms with Gasteiger partial charge in [0.15, 0.2) is 5.96 Å². The molecule has 3 N–H and O–H groups in total. The van der Waals surface area contributed by atoms with Crippen LogP contribution in [0.4, 0.5) is 5.69 Å². The van der Waals surface area contributed by atoms with Crippen molar-refractivity contribution in [3.05, 3.63) is 59.7 Å². The van der Waals surface area contributed by atoms with Crippen LogP contribution in [0.3, 0.4) is 0 Å². The molecule has 0 spiro atoms. The summed E-state index contributed by atoms with van der Waals surface area (Å²) < 4.78 is 10.8. The standard InChI is InChI=1S/C24H35N5O3/c1-25-24(28-21-10-6-11-22(17-21)32-15-7-14-31-4)27-18-19-8-5-9-20(16-19)23(30)26-12-13-29(2)3/h5-6,8-11,16-17H,7,12-15,18H2,1-4H3,(H,26,30)(H2,25,27,28). The SMILES string of the molecule is CN=C(NCc1cccc(C(=O)NCCN(C)C)c1)Nc1cccc(OCCCOC)c1. The van der Waals surface area contributed by atoms with Crippen LogP contribution in [-0.4, -0.2) is 71.3 Å². The summed E-state index contributed by atoms with van der Waals surface area (Å²) in [5, 5.41) is 9.49. The molecule has 0 saturated carbocycles. The Hall–Kier alpha value is -3.10. The number of nitrogens with one attached hydrogen (secondary N) is 3. The van der Waals surface area contributed by atoms with Crippen LogP contribution in [-0.2, 0) is 11.3 Å². The Balaban J connectivity index is 1.88. The van der Waals surface area contributed by atoms with Crippen LogP contribution < -0.4 is 20.7 Å². The molecule has 32 heavy (non-hydrogen) atoms. The third-order valence-corrected chi connectivity index (χ3v) is 4.58. The van der Waals surface area contributed by atoms with Crippen molar-refractivity contribution in [2.45, 2.75) is 13.0 Å². The van der Waals surface area contributed by atoms with Crippen molar-refractivity contribution >= 4 is 17.6 Å². The Kier molecular flexibility index (Phi) is 11.1. The fourth-order valence-corrected chi connectivity index (χ4v) is 2.88. The average molecular weight is 442 g/mol. The van der Waals surface area contributed by atoms with Crippen molar-refractivity contribution in [3.63, 3.8) is 0 Å². The number of rotatable bonds is 12. The van der Waals surface area contributed by atoms with E-state index in [0.717, 1.165) is 30.0 Å². The summed E-state index contributed by atoms with van der Waals surface area (Å²) in [6.07, 6.45) is 0.837. The van der Waals surface area contributed by atoms with Gasteiger partial charge in [0.2, 0.25) is 0 Å². The fourth-order valence-electron chi connectivity index (χ4n) is 2.88. The molecule has 0 aliphatic rings. The minimum Gasteiger partial charge on any atom is -0.493 e. The summed E-state index contributed by atoms with van der Waals surface area (Å²) in [5.74, 6) is 1.34. The van der Waals surface area contributed by atoms with E-state index in [1.807, 2.05) is 67.5 Å². The molecule has 0 bridgehead atoms. The van der Waals surface area contributed by atoms with E-state index in [4.69, 9.17) is 9.47 Å². The molecular weight excluding hydrogens is 406 g/mol. The predicted molar refractivity (Wildman–Crippen MR) is 130 cm³/mol. The topological polar surface area (TPSA) is 87.2 Å². The first-order valence-corrected chi connectivity index (χ1v) is 10.7. The first kappa shape index (κ1) is 25.2. The third kappa shape index (κ3) is 9.36. The van der Waals surface area contributed by atoms with Crippen LogP contribution in [0.15, 0.2) is 53.5 Å². The highest BCUT2D eigenvalue weighted by molar-refractivity contribution is 5.95. The Morgan fingerprint density at radius 2 is 1.88 bits per heavy atom. The molecule has 0 aromatic heterocycles. The van der Waals surface area contributed by atoms with Crippen LogP contribution in [0, 0.1) is 0 Å². The van der Waals surface area contributed by atoms with Gasteiger partial charge < -0.3 is 30.3 Å². The Morgan fingerprint density at radius 1 is 1.06 bits per heavy atom. The number of hydrogen-bond donors (Lipinski definition) is 3. The van der Waals surface area contributed by atoms with Gasteiger partial charge in [-0.1, -0.05) is 18.2 Å². The highest BCUT2D eigenvalue weighted by Gasteiger charge is 2.07. The minimum atomic E-state index is -0.0708. The molecule has 174 valence electrons. The van der Waals surface area contributed by atoms with Gasteiger partial charge in [-0.25, -0.2) is 0 Å². The average Bonchev–Trinajstić information content (AvgIpc) is 2.79. The quantitative estimate of drug-likeness (QED) is 0.267. The zero-order chi connectivity index (χ0) is 23.2. The number of carbonyl (C=O) groups excluding carboxylic acids is 1. The van der Waals surface area contributed by atoms with Crippen molar-refractivity contribution in [2.24, 2.45) is 4.99 Å². The normalized spacial score (nSPS) is 11.3. The van der Waals surface area contributed by atoms with Gasteiger partial charge in [0.1, 0.15) is 5.75 Å². The number of hydrogen-bond acceptors (Lipinski definition) is 5. The van der Waals surface area contributed by atoms with Crippen molar-refractivity contribution in [2.75, 3.05) is 59.9 Å². The molecule has 0 aliphatic heterocycles. The lowest BCUT2D eigenvalue weighted by atomic mass is 10.1. The lowest BCUT2D eigenvalue weighted by Crippen LogP contribution is -2.32. The predicted octanol–water partition coefficient (Wildman–Crippen LogP) is 2.58. The van der Waals surface area contributed by atoms with E-state index in [1.54, 1.807) is 14.2 Å². The van der Waals surface area contributed by atoms with E-state index in [0.29, 0.717) is 37.8 Å². The molecular formula is C24H35N5O3. The van der Waals surface area contributed by atoms with E-state index in [1.165, 1.54) is 0 Å². The van der Waals surface area contributed by atoms with Gasteiger partial charge in [-0.05, 0) is 43.9 Å². The maximum atomic E-state index is 12.4. The number of guanidine groups is 1. The molecule has 2 aromatic carbocycles. The van der Waals surface area contributed by atoms with Gasteiger partial charge in [0.05, 0.1) is 6.61 Å². The number of methoxy groups -OCH3 is 1. The Labute approximate surface area is 191 Å². The van der Waals surface area contributed by atoms with Gasteiger partial charge in [0, 0.05) is 64.1 Å². The molecule has 0 aliphatic carbocycles. The zero-order valence-electron chi connectivity index (χ0n) is 19.5. The van der Waals surface area contributed by atoms with E-state index in [9.17, 15) is 4.79 Å². The number of nitrogens with zero attached hydrogens (tertiary/aromatic N) is 2. The molecule has 2 rings (SSSR count). The van der Waals surface area contributed by atoms with Gasteiger partial charge in [0.25, 0.3) is 5.91 Å². The van der Waals surface area contributed by atoms with Crippen LogP contribution in [0.2, 0.25) is 0 Å². The van der Waals surface area contributed by atoms with Crippen molar-refractivity contribution < 1.29 is 14.3 Å². The second-order valence-electron chi connectivity index (χ2n) is 7.53. The number of anilines is 1. The van der Waals surface area contributed by atoms with Gasteiger partial charge in [-0.3, -0.25) is 9.79 Å². The monoisotopic (exact) mass is 441 g/mol. The Bertz CT molecular complexity index is 870. The number of amides is 1. The first-order chi connectivity index (χ1) is 15.5. The molecule has 8 nitrogen and oxygen atoms in total. The molecule has 0 saturated heterocycles. The number of benzene rings is 2. The van der Waals surface area contributed by atoms with Gasteiger partial charge in [-0.15, -0.1) is 0 Å². The number of aliphatic imine (C=N–C) groups is 1. The summed E-state index contributed by atoms with van der Waals surface area (Å²) in [6, 6.07) is 15.3. The molecule has 0 fully saturated rings. The number of ether oxygens (including phenoxy) is 2. The smallest absolute Gasteiger partial charge is 0.251 e. The number of likely N-dealkylation sites (N-methyl/N-ethyl adjacent to an activating group) is 1. The summed E-state index contributed by atoms with van der Waals surface area (Å²) >= 11 is 0. The lowest BCUT2D eigenvalue weighted by molar-refractivity contribution is 0.0951. The molecule has 2 aromatic rings. The van der Waals surface area contributed by atoms with E-state index < -0.39 is 0 Å². The number of carbonyl (C=O) groups is 1. The highest BCUT2D eigenvalue weighted by Crippen LogP contribution is 2.17. The Morgan fingerprint density at radius 3 is 2.62 bits per heavy atom. The molecule has 0 atom stereocenters. The summed E-state index contributed by atoms with van der Waals surface area (Å²) in [4.78, 5) is 18.7. The maximum Gasteiger partial charge on any atom is 0.251 e. The maximum absolute atomic E-state index is 12.4. The van der Waals surface area contributed by atoms with E-state index in [2.05, 4.69) is 20.9 Å². The van der Waals surface area contributed by atoms with Gasteiger partial charge in [-0.2, -0.15) is 0 Å². The molecule has 1 amide bonds. The van der Waals surface area contributed by atoms with Crippen LogP contribution >= 0.6 is 0 Å². The molecule has 0 heterocycles. The second kappa shape index (κ2) is 14.1. The molecule has 8 heteroatoms. The third-order valence-electron chi connectivity index (χ3n) is 4.58. The minimum absolute atomic E-state index is 0.0708. The first-order valence-electron chi connectivity index (χ1n) is 10.7. The fraction of sp³-hybridized carbons (Fsp3) is 0.417. The summed E-state index contributed by atoms with van der Waals surface area (Å²) in [6.45, 7) is 3.22. The van der Waals surface area contributed by atoms with E-state index >= 15 is 0 Å². The largest absolute Gasteiger partial charge is 0.493 e. The van der Waals surface area contributed by atoms with Crippen LogP contribution in [0.5, 0.6) is 5.75 Å². The lowest BCUT2D eigenvalue weighted by Gasteiger charge is -2.14.